The number of hydrogen-bond donors (Lipinski definition) is 0. The number of hydrogen-bond acceptors (Lipinski definition) is 4. The Morgan fingerprint density at radius 3 is 2.58 bits per heavy atom. The Balaban J connectivity index is 1.46. The van der Waals surface area contributed by atoms with Gasteiger partial charge in [0.05, 0.1) is 0 Å². The molecule has 0 radical (unpaired) electrons. The van der Waals surface area contributed by atoms with Gasteiger partial charge in [-0.2, -0.15) is 0 Å². The molecule has 2 saturated heterocycles. The Labute approximate surface area is 112 Å². The normalized spacial score (nSPS) is 30.9. The molecule has 102 valence electrons. The second-order valence-electron chi connectivity index (χ2n) is 6.34. The molecule has 0 N–H and O–H groups in total. The van der Waals surface area contributed by atoms with E-state index in [0.29, 0.717) is 23.4 Å². The van der Waals surface area contributed by atoms with Crippen LogP contribution in [-0.2, 0) is 0 Å². The molecule has 1 aromatic heterocycles. The van der Waals surface area contributed by atoms with E-state index >= 15 is 0 Å². The van der Waals surface area contributed by atoms with Crippen molar-refractivity contribution in [3.63, 3.8) is 0 Å². The fraction of sp³-hybridized carbons (Fsp3) is 0.714. The van der Waals surface area contributed by atoms with Crippen LogP contribution in [0.5, 0.6) is 0 Å². The number of nitrogens with zero attached hydrogens (tertiary/aromatic N) is 3. The van der Waals surface area contributed by atoms with E-state index in [-0.39, 0.29) is 5.91 Å². The monoisotopic (exact) mass is 261 g/mol. The minimum absolute atomic E-state index is 0.0488. The van der Waals surface area contributed by atoms with E-state index in [2.05, 4.69) is 17.1 Å². The number of likely N-dealkylation sites (tertiary alicyclic amines) is 2. The molecule has 0 spiro atoms. The lowest BCUT2D eigenvalue weighted by atomic mass is 10.0. The van der Waals surface area contributed by atoms with Crippen LogP contribution in [0.2, 0.25) is 0 Å². The third kappa shape index (κ3) is 1.96. The molecule has 1 amide bonds. The molecule has 3 fully saturated rings. The van der Waals surface area contributed by atoms with Gasteiger partial charge in [-0.05, 0) is 31.7 Å². The largest absolute Gasteiger partial charge is 0.360 e. The quantitative estimate of drug-likeness (QED) is 0.802. The highest BCUT2D eigenvalue weighted by Crippen LogP contribution is 2.40. The van der Waals surface area contributed by atoms with Crippen LogP contribution < -0.4 is 0 Å². The first kappa shape index (κ1) is 11.5. The molecule has 0 unspecified atom stereocenters. The number of fused-ring (bicyclic) bond motifs is 1. The molecule has 2 atom stereocenters. The summed E-state index contributed by atoms with van der Waals surface area (Å²) in [5.41, 5.74) is 0.496. The first-order chi connectivity index (χ1) is 9.20. The van der Waals surface area contributed by atoms with Gasteiger partial charge in [0, 0.05) is 38.2 Å². The summed E-state index contributed by atoms with van der Waals surface area (Å²) in [6.07, 6.45) is 2.34. The summed E-state index contributed by atoms with van der Waals surface area (Å²) >= 11 is 0. The average Bonchev–Trinajstić information content (AvgIpc) is 2.83. The fourth-order valence-electron chi connectivity index (χ4n) is 3.51. The Morgan fingerprint density at radius 1 is 1.26 bits per heavy atom. The van der Waals surface area contributed by atoms with Gasteiger partial charge in [-0.15, -0.1) is 0 Å². The molecule has 1 aromatic rings. The maximum absolute atomic E-state index is 12.4. The predicted octanol–water partition coefficient (Wildman–Crippen LogP) is 1.19. The summed E-state index contributed by atoms with van der Waals surface area (Å²) in [4.78, 5) is 16.7. The first-order valence-corrected chi connectivity index (χ1v) is 7.15. The van der Waals surface area contributed by atoms with Crippen molar-refractivity contribution in [2.24, 2.45) is 11.8 Å². The number of amides is 1. The molecule has 4 rings (SSSR count). The van der Waals surface area contributed by atoms with Gasteiger partial charge in [0.25, 0.3) is 5.91 Å². The second-order valence-corrected chi connectivity index (χ2v) is 6.34. The van der Waals surface area contributed by atoms with Crippen molar-refractivity contribution >= 4 is 5.91 Å². The molecule has 3 aliphatic rings. The van der Waals surface area contributed by atoms with Gasteiger partial charge in [0.1, 0.15) is 5.76 Å². The summed E-state index contributed by atoms with van der Waals surface area (Å²) in [7, 11) is 2.16. The molecule has 0 aromatic carbocycles. The molecular weight excluding hydrogens is 242 g/mol. The summed E-state index contributed by atoms with van der Waals surface area (Å²) in [5, 5.41) is 3.95. The number of aromatic nitrogens is 1. The maximum atomic E-state index is 12.4. The highest BCUT2D eigenvalue weighted by molar-refractivity contribution is 5.92. The van der Waals surface area contributed by atoms with E-state index in [1.54, 1.807) is 0 Å². The zero-order valence-corrected chi connectivity index (χ0v) is 11.2. The van der Waals surface area contributed by atoms with Crippen LogP contribution in [0.3, 0.4) is 0 Å². The smallest absolute Gasteiger partial charge is 0.276 e. The molecule has 5 heteroatoms. The predicted molar refractivity (Wildman–Crippen MR) is 68.9 cm³/mol. The zero-order valence-electron chi connectivity index (χ0n) is 11.2. The zero-order chi connectivity index (χ0) is 13.0. The van der Waals surface area contributed by atoms with Crippen LogP contribution in [-0.4, -0.2) is 54.1 Å². The molecular formula is C14H19N3O2. The lowest BCUT2D eigenvalue weighted by molar-refractivity contribution is 0.0765. The Morgan fingerprint density at radius 2 is 1.95 bits per heavy atom. The Kier molecular flexibility index (Phi) is 2.45. The van der Waals surface area contributed by atoms with Gasteiger partial charge in [-0.25, -0.2) is 0 Å². The van der Waals surface area contributed by atoms with Crippen molar-refractivity contribution in [2.75, 3.05) is 33.2 Å². The maximum Gasteiger partial charge on any atom is 0.276 e. The molecule has 1 saturated carbocycles. The van der Waals surface area contributed by atoms with Gasteiger partial charge in [0.15, 0.2) is 5.69 Å². The summed E-state index contributed by atoms with van der Waals surface area (Å²) in [6.45, 7) is 3.97. The molecule has 3 heterocycles. The van der Waals surface area contributed by atoms with Crippen molar-refractivity contribution in [3.05, 3.63) is 17.5 Å². The summed E-state index contributed by atoms with van der Waals surface area (Å²) in [5.74, 6) is 2.74. The number of rotatable bonds is 2. The van der Waals surface area contributed by atoms with E-state index in [0.717, 1.165) is 31.9 Å². The van der Waals surface area contributed by atoms with Gasteiger partial charge >= 0.3 is 0 Å². The SMILES string of the molecule is CN1C[C@@H]2CN(C(=O)c3cc(C4CC4)on3)C[C@@H]2C1. The summed E-state index contributed by atoms with van der Waals surface area (Å²) in [6, 6.07) is 1.85. The number of carbonyl (C=O) groups excluding carboxylic acids is 1. The van der Waals surface area contributed by atoms with Crippen molar-refractivity contribution in [3.8, 4) is 0 Å². The Bertz CT molecular complexity index is 495. The van der Waals surface area contributed by atoms with E-state index in [1.165, 1.54) is 12.8 Å². The van der Waals surface area contributed by atoms with Crippen LogP contribution >= 0.6 is 0 Å². The van der Waals surface area contributed by atoms with E-state index < -0.39 is 0 Å². The highest BCUT2D eigenvalue weighted by Gasteiger charge is 2.41. The molecule has 0 bridgehead atoms. The number of carbonyl (C=O) groups is 1. The molecule has 5 nitrogen and oxygen atoms in total. The van der Waals surface area contributed by atoms with E-state index in [9.17, 15) is 4.79 Å². The molecule has 19 heavy (non-hydrogen) atoms. The molecule has 1 aliphatic carbocycles. The fourth-order valence-corrected chi connectivity index (χ4v) is 3.51. The van der Waals surface area contributed by atoms with Crippen molar-refractivity contribution in [1.29, 1.82) is 0 Å². The van der Waals surface area contributed by atoms with Gasteiger partial charge in [-0.1, -0.05) is 5.16 Å². The van der Waals surface area contributed by atoms with Crippen LogP contribution in [0.1, 0.15) is 35.0 Å². The lowest BCUT2D eigenvalue weighted by Gasteiger charge is -2.17. The lowest BCUT2D eigenvalue weighted by Crippen LogP contribution is -2.32. The van der Waals surface area contributed by atoms with Crippen LogP contribution in [0.25, 0.3) is 0 Å². The van der Waals surface area contributed by atoms with E-state index in [1.807, 2.05) is 11.0 Å². The Hall–Kier alpha value is -1.36. The first-order valence-electron chi connectivity index (χ1n) is 7.15. The minimum atomic E-state index is 0.0488. The van der Waals surface area contributed by atoms with Crippen molar-refractivity contribution < 1.29 is 9.32 Å². The topological polar surface area (TPSA) is 49.6 Å². The van der Waals surface area contributed by atoms with Crippen LogP contribution in [0.4, 0.5) is 0 Å². The summed E-state index contributed by atoms with van der Waals surface area (Å²) < 4.78 is 5.27. The van der Waals surface area contributed by atoms with Gasteiger partial charge < -0.3 is 14.3 Å². The standard InChI is InChI=1S/C14H19N3O2/c1-16-5-10-7-17(8-11(10)6-16)14(18)12-4-13(19-15-12)9-2-3-9/h4,9-11H,2-3,5-8H2,1H3/t10-,11+. The average molecular weight is 261 g/mol. The van der Waals surface area contributed by atoms with Gasteiger partial charge in [-0.3, -0.25) is 4.79 Å². The van der Waals surface area contributed by atoms with Gasteiger partial charge in [0.2, 0.25) is 0 Å². The third-order valence-electron chi connectivity index (χ3n) is 4.68. The van der Waals surface area contributed by atoms with Crippen molar-refractivity contribution in [1.82, 2.24) is 15.0 Å². The molecule has 2 aliphatic heterocycles. The van der Waals surface area contributed by atoms with E-state index in [4.69, 9.17) is 4.52 Å². The van der Waals surface area contributed by atoms with Crippen LogP contribution in [0.15, 0.2) is 10.6 Å². The van der Waals surface area contributed by atoms with Crippen molar-refractivity contribution in [2.45, 2.75) is 18.8 Å². The van der Waals surface area contributed by atoms with Crippen LogP contribution in [0, 0.1) is 11.8 Å². The second kappa shape index (κ2) is 4.07. The third-order valence-corrected chi connectivity index (χ3v) is 4.68. The highest BCUT2D eigenvalue weighted by atomic mass is 16.5. The minimum Gasteiger partial charge on any atom is -0.360 e.